The first kappa shape index (κ1) is 18.1. The molecule has 2 aromatic carbocycles. The fourth-order valence-electron chi connectivity index (χ4n) is 2.02. The number of nitrogens with one attached hydrogen (secondary N) is 1. The topological polar surface area (TPSA) is 55.4 Å². The Kier molecular flexibility index (Phi) is 6.49. The summed E-state index contributed by atoms with van der Waals surface area (Å²) in [6, 6.07) is 13.0. The van der Waals surface area contributed by atoms with E-state index in [9.17, 15) is 14.0 Å². The van der Waals surface area contributed by atoms with E-state index in [4.69, 9.17) is 4.74 Å². The van der Waals surface area contributed by atoms with Gasteiger partial charge in [0.1, 0.15) is 5.82 Å². The molecule has 0 fully saturated rings. The average Bonchev–Trinajstić information content (AvgIpc) is 2.54. The Bertz CT molecular complexity index is 718. The largest absolute Gasteiger partial charge is 0.453 e. The molecule has 0 aliphatic carbocycles. The molecule has 0 heterocycles. The van der Waals surface area contributed by atoms with Crippen LogP contribution >= 0.6 is 15.9 Å². The van der Waals surface area contributed by atoms with Gasteiger partial charge in [-0.15, -0.1) is 0 Å². The molecule has 0 aromatic heterocycles. The van der Waals surface area contributed by atoms with Crippen LogP contribution in [-0.2, 0) is 20.7 Å². The molecule has 24 heavy (non-hydrogen) atoms. The second kappa shape index (κ2) is 8.59. The Balaban J connectivity index is 1.80. The Morgan fingerprint density at radius 1 is 1.21 bits per heavy atom. The van der Waals surface area contributed by atoms with Crippen molar-refractivity contribution in [3.8, 4) is 0 Å². The number of amides is 1. The van der Waals surface area contributed by atoms with E-state index in [2.05, 4.69) is 21.2 Å². The highest BCUT2D eigenvalue weighted by Crippen LogP contribution is 2.16. The van der Waals surface area contributed by atoms with Crippen LogP contribution in [0.3, 0.4) is 0 Å². The predicted octanol–water partition coefficient (Wildman–Crippen LogP) is 4.09. The molecule has 6 heteroatoms. The minimum absolute atomic E-state index is 0.125. The summed E-state index contributed by atoms with van der Waals surface area (Å²) in [7, 11) is 0. The minimum Gasteiger partial charge on any atom is -0.453 e. The highest BCUT2D eigenvalue weighted by molar-refractivity contribution is 9.10. The molecule has 0 aliphatic heterocycles. The number of ether oxygens (including phenoxy) is 1. The lowest BCUT2D eigenvalue weighted by atomic mass is 10.1. The van der Waals surface area contributed by atoms with E-state index >= 15 is 0 Å². The molecule has 0 radical (unpaired) electrons. The molecule has 1 amide bonds. The zero-order chi connectivity index (χ0) is 17.5. The number of rotatable bonds is 6. The number of carbonyl (C=O) groups is 2. The van der Waals surface area contributed by atoms with Crippen LogP contribution in [0.2, 0.25) is 0 Å². The third-order valence-electron chi connectivity index (χ3n) is 3.30. The van der Waals surface area contributed by atoms with Crippen LogP contribution in [0.1, 0.15) is 18.9 Å². The fourth-order valence-corrected chi connectivity index (χ4v) is 2.42. The number of anilines is 1. The molecule has 0 spiro atoms. The molecule has 0 saturated heterocycles. The lowest BCUT2D eigenvalue weighted by Gasteiger charge is -2.13. The maximum atomic E-state index is 12.8. The monoisotopic (exact) mass is 393 g/mol. The number of aryl methyl sites for hydroxylation is 1. The average molecular weight is 394 g/mol. The maximum Gasteiger partial charge on any atom is 0.306 e. The van der Waals surface area contributed by atoms with Gasteiger partial charge in [0.25, 0.3) is 5.91 Å². The number of esters is 1. The van der Waals surface area contributed by atoms with Crippen molar-refractivity contribution >= 4 is 33.5 Å². The number of benzene rings is 2. The van der Waals surface area contributed by atoms with E-state index in [-0.39, 0.29) is 12.2 Å². The zero-order valence-electron chi connectivity index (χ0n) is 13.1. The molecule has 0 unspecified atom stereocenters. The van der Waals surface area contributed by atoms with Gasteiger partial charge in [-0.25, -0.2) is 4.39 Å². The second-order valence-electron chi connectivity index (χ2n) is 5.26. The summed E-state index contributed by atoms with van der Waals surface area (Å²) >= 11 is 3.32. The van der Waals surface area contributed by atoms with Crippen LogP contribution in [0.15, 0.2) is 53.0 Å². The normalized spacial score (nSPS) is 11.6. The van der Waals surface area contributed by atoms with Gasteiger partial charge in [0.15, 0.2) is 6.10 Å². The van der Waals surface area contributed by atoms with E-state index < -0.39 is 18.0 Å². The third kappa shape index (κ3) is 5.77. The van der Waals surface area contributed by atoms with Crippen molar-refractivity contribution in [2.24, 2.45) is 0 Å². The number of carbonyl (C=O) groups excluding carboxylic acids is 2. The summed E-state index contributed by atoms with van der Waals surface area (Å²) in [5.41, 5.74) is 1.45. The highest BCUT2D eigenvalue weighted by atomic mass is 79.9. The standard InChI is InChI=1S/C18H17BrFNO3/c1-12(18(23)21-16-4-2-3-14(19)11-16)24-17(22)10-7-13-5-8-15(20)9-6-13/h2-6,8-9,11-12H,7,10H2,1H3,(H,21,23)/t12-/m1/s1. The van der Waals surface area contributed by atoms with Crippen molar-refractivity contribution < 1.29 is 18.7 Å². The quantitative estimate of drug-likeness (QED) is 0.751. The first-order valence-electron chi connectivity index (χ1n) is 7.44. The summed E-state index contributed by atoms with van der Waals surface area (Å²) in [5, 5.41) is 2.68. The first-order chi connectivity index (χ1) is 11.4. The maximum absolute atomic E-state index is 12.8. The van der Waals surface area contributed by atoms with Crippen LogP contribution in [-0.4, -0.2) is 18.0 Å². The van der Waals surface area contributed by atoms with Gasteiger partial charge in [0.05, 0.1) is 0 Å². The van der Waals surface area contributed by atoms with Gasteiger partial charge in [-0.05, 0) is 49.2 Å². The summed E-state index contributed by atoms with van der Waals surface area (Å²) in [4.78, 5) is 23.8. The van der Waals surface area contributed by atoms with E-state index in [0.717, 1.165) is 10.0 Å². The van der Waals surface area contributed by atoms with E-state index in [0.29, 0.717) is 12.1 Å². The van der Waals surface area contributed by atoms with Crippen molar-refractivity contribution in [2.45, 2.75) is 25.9 Å². The van der Waals surface area contributed by atoms with Crippen LogP contribution in [0.25, 0.3) is 0 Å². The van der Waals surface area contributed by atoms with Crippen LogP contribution in [0.4, 0.5) is 10.1 Å². The SMILES string of the molecule is C[C@@H](OC(=O)CCc1ccc(F)cc1)C(=O)Nc1cccc(Br)c1. The predicted molar refractivity (Wildman–Crippen MR) is 93.0 cm³/mol. The molecule has 126 valence electrons. The van der Waals surface area contributed by atoms with E-state index in [1.165, 1.54) is 19.1 Å². The zero-order valence-corrected chi connectivity index (χ0v) is 14.7. The van der Waals surface area contributed by atoms with Gasteiger partial charge in [0, 0.05) is 16.6 Å². The summed E-state index contributed by atoms with van der Waals surface area (Å²) in [5.74, 6) is -1.20. The van der Waals surface area contributed by atoms with Crippen LogP contribution in [0, 0.1) is 5.82 Å². The lowest BCUT2D eigenvalue weighted by Crippen LogP contribution is -2.30. The molecule has 1 N–H and O–H groups in total. The van der Waals surface area contributed by atoms with Gasteiger partial charge in [-0.3, -0.25) is 9.59 Å². The fraction of sp³-hybridized carbons (Fsp3) is 0.222. The van der Waals surface area contributed by atoms with Crippen molar-refractivity contribution in [2.75, 3.05) is 5.32 Å². The molecular formula is C18H17BrFNO3. The van der Waals surface area contributed by atoms with Gasteiger partial charge in [-0.1, -0.05) is 34.1 Å². The first-order valence-corrected chi connectivity index (χ1v) is 8.23. The minimum atomic E-state index is -0.898. The van der Waals surface area contributed by atoms with Gasteiger partial charge in [-0.2, -0.15) is 0 Å². The molecule has 0 bridgehead atoms. The molecule has 1 atom stereocenters. The van der Waals surface area contributed by atoms with Crippen molar-refractivity contribution in [1.82, 2.24) is 0 Å². The Morgan fingerprint density at radius 3 is 2.58 bits per heavy atom. The van der Waals surface area contributed by atoms with E-state index in [1.54, 1.807) is 30.3 Å². The lowest BCUT2D eigenvalue weighted by molar-refractivity contribution is -0.153. The van der Waals surface area contributed by atoms with Gasteiger partial charge < -0.3 is 10.1 Å². The Morgan fingerprint density at radius 2 is 1.92 bits per heavy atom. The molecule has 0 saturated carbocycles. The molecule has 0 aliphatic rings. The van der Waals surface area contributed by atoms with Crippen molar-refractivity contribution in [3.05, 3.63) is 64.4 Å². The second-order valence-corrected chi connectivity index (χ2v) is 6.17. The van der Waals surface area contributed by atoms with E-state index in [1.807, 2.05) is 6.07 Å². The Hall–Kier alpha value is -2.21. The molecule has 4 nitrogen and oxygen atoms in total. The van der Waals surface area contributed by atoms with Gasteiger partial charge >= 0.3 is 5.97 Å². The van der Waals surface area contributed by atoms with Crippen LogP contribution < -0.4 is 5.32 Å². The molecule has 2 rings (SSSR count). The summed E-state index contributed by atoms with van der Waals surface area (Å²) in [6.45, 7) is 1.52. The molecular weight excluding hydrogens is 377 g/mol. The van der Waals surface area contributed by atoms with Gasteiger partial charge in [0.2, 0.25) is 0 Å². The highest BCUT2D eigenvalue weighted by Gasteiger charge is 2.17. The number of hydrogen-bond donors (Lipinski definition) is 1. The molecule has 2 aromatic rings. The van der Waals surface area contributed by atoms with Crippen molar-refractivity contribution in [3.63, 3.8) is 0 Å². The van der Waals surface area contributed by atoms with Crippen LogP contribution in [0.5, 0.6) is 0 Å². The number of halogens is 2. The Labute approximate surface area is 148 Å². The third-order valence-corrected chi connectivity index (χ3v) is 3.79. The number of hydrogen-bond acceptors (Lipinski definition) is 3. The summed E-state index contributed by atoms with van der Waals surface area (Å²) in [6.07, 6.45) is -0.344. The summed E-state index contributed by atoms with van der Waals surface area (Å²) < 4.78 is 18.8. The van der Waals surface area contributed by atoms with Crippen molar-refractivity contribution in [1.29, 1.82) is 0 Å². The smallest absolute Gasteiger partial charge is 0.306 e.